The summed E-state index contributed by atoms with van der Waals surface area (Å²) in [6.45, 7) is 0.184. The number of anilines is 1. The molecule has 2 amide bonds. The van der Waals surface area contributed by atoms with Gasteiger partial charge in [-0.15, -0.1) is 5.10 Å². The molecule has 0 aliphatic carbocycles. The fraction of sp³-hybridized carbons (Fsp3) is 0.158. The fourth-order valence-corrected chi connectivity index (χ4v) is 4.11. The van der Waals surface area contributed by atoms with Crippen LogP contribution in [-0.4, -0.2) is 35.2 Å². The van der Waals surface area contributed by atoms with Gasteiger partial charge in [0.25, 0.3) is 0 Å². The number of halogens is 2. The third-order valence-corrected chi connectivity index (χ3v) is 5.81. The van der Waals surface area contributed by atoms with Crippen molar-refractivity contribution >= 4 is 63.8 Å². The molecule has 2 aromatic carbocycles. The van der Waals surface area contributed by atoms with Crippen LogP contribution in [0.3, 0.4) is 0 Å². The summed E-state index contributed by atoms with van der Waals surface area (Å²) in [4.78, 5) is 26.1. The van der Waals surface area contributed by atoms with Crippen LogP contribution in [0.5, 0.6) is 11.5 Å². The Balaban J connectivity index is 1.43. The van der Waals surface area contributed by atoms with Gasteiger partial charge in [-0.1, -0.05) is 35.0 Å². The molecule has 1 atom stereocenters. The van der Waals surface area contributed by atoms with Gasteiger partial charge in [-0.3, -0.25) is 9.59 Å². The third kappa shape index (κ3) is 4.23. The molecular weight excluding hydrogens is 451 g/mol. The first kappa shape index (κ1) is 20.5. The van der Waals surface area contributed by atoms with E-state index < -0.39 is 17.1 Å². The molecule has 0 aromatic heterocycles. The zero-order valence-electron chi connectivity index (χ0n) is 15.2. The minimum absolute atomic E-state index is 0.0333. The number of nitrogens with zero attached hydrogens (tertiary/aromatic N) is 3. The van der Waals surface area contributed by atoms with Gasteiger partial charge in [0.1, 0.15) is 5.25 Å². The summed E-state index contributed by atoms with van der Waals surface area (Å²) in [6.07, 6.45) is 1.46. The standard InChI is InChI=1S/C19H14Cl2N4O4S/c20-11-2-3-12(21)13(6-11)25-17(26)7-16(18(25)27)30-19(22)24-23-8-10-1-4-14-15(5-10)29-9-28-14/h1-6,8,16H,7,9H2,(H2,22,24)/b23-8-/t16-/m0/s1. The zero-order valence-corrected chi connectivity index (χ0v) is 17.6. The van der Waals surface area contributed by atoms with Crippen LogP contribution in [-0.2, 0) is 9.59 Å². The van der Waals surface area contributed by atoms with Crippen molar-refractivity contribution in [3.63, 3.8) is 0 Å². The van der Waals surface area contributed by atoms with E-state index in [1.807, 2.05) is 0 Å². The Hall–Kier alpha value is -2.75. The number of hydrogen-bond donors (Lipinski definition) is 1. The molecule has 0 spiro atoms. The molecule has 154 valence electrons. The minimum atomic E-state index is -0.725. The topological polar surface area (TPSA) is 107 Å². The molecule has 0 saturated carbocycles. The molecular formula is C19H14Cl2N4O4S. The number of amides is 2. The Labute approximate surface area is 185 Å². The molecule has 1 saturated heterocycles. The van der Waals surface area contributed by atoms with Gasteiger partial charge in [-0.05, 0) is 42.0 Å². The van der Waals surface area contributed by atoms with Crippen LogP contribution in [0.15, 0.2) is 46.6 Å². The summed E-state index contributed by atoms with van der Waals surface area (Å²) in [7, 11) is 0. The second-order valence-corrected chi connectivity index (χ2v) is 8.34. The van der Waals surface area contributed by atoms with Crippen LogP contribution in [0.25, 0.3) is 0 Å². The van der Waals surface area contributed by atoms with E-state index in [0.717, 1.165) is 22.2 Å². The molecule has 2 aromatic rings. The predicted molar refractivity (Wildman–Crippen MR) is 117 cm³/mol. The van der Waals surface area contributed by atoms with Gasteiger partial charge in [0.15, 0.2) is 16.7 Å². The van der Waals surface area contributed by atoms with Crippen LogP contribution >= 0.6 is 35.0 Å². The normalized spacial score (nSPS) is 18.7. The summed E-state index contributed by atoms with van der Waals surface area (Å²) >= 11 is 13.1. The Morgan fingerprint density at radius 1 is 1.17 bits per heavy atom. The lowest BCUT2D eigenvalue weighted by Crippen LogP contribution is -2.32. The number of imide groups is 1. The van der Waals surface area contributed by atoms with Crippen LogP contribution < -0.4 is 20.1 Å². The average Bonchev–Trinajstić information content (AvgIpc) is 3.28. The summed E-state index contributed by atoms with van der Waals surface area (Å²) in [6, 6.07) is 9.90. The van der Waals surface area contributed by atoms with Gasteiger partial charge in [0, 0.05) is 11.4 Å². The molecule has 0 radical (unpaired) electrons. The van der Waals surface area contributed by atoms with Gasteiger partial charge in [0.05, 0.1) is 16.9 Å². The van der Waals surface area contributed by atoms with E-state index in [0.29, 0.717) is 16.5 Å². The van der Waals surface area contributed by atoms with Gasteiger partial charge in [-0.2, -0.15) is 5.10 Å². The highest BCUT2D eigenvalue weighted by molar-refractivity contribution is 8.14. The Morgan fingerprint density at radius 2 is 1.97 bits per heavy atom. The quantitative estimate of drug-likeness (QED) is 0.321. The minimum Gasteiger partial charge on any atom is -0.454 e. The number of carbonyl (C=O) groups is 2. The largest absolute Gasteiger partial charge is 0.454 e. The van der Waals surface area contributed by atoms with E-state index in [1.165, 1.54) is 18.3 Å². The van der Waals surface area contributed by atoms with E-state index in [2.05, 4.69) is 10.2 Å². The molecule has 4 rings (SSSR count). The number of amidine groups is 1. The fourth-order valence-electron chi connectivity index (χ4n) is 2.92. The highest BCUT2D eigenvalue weighted by Gasteiger charge is 2.41. The van der Waals surface area contributed by atoms with Crippen molar-refractivity contribution in [3.8, 4) is 11.5 Å². The molecule has 0 unspecified atom stereocenters. The lowest BCUT2D eigenvalue weighted by molar-refractivity contribution is -0.121. The number of thioether (sulfide) groups is 1. The molecule has 2 aliphatic rings. The third-order valence-electron chi connectivity index (χ3n) is 4.28. The monoisotopic (exact) mass is 464 g/mol. The van der Waals surface area contributed by atoms with Gasteiger partial charge in [-0.25, -0.2) is 4.90 Å². The number of rotatable bonds is 4. The molecule has 2 N–H and O–H groups in total. The van der Waals surface area contributed by atoms with E-state index >= 15 is 0 Å². The highest BCUT2D eigenvalue weighted by Crippen LogP contribution is 2.35. The number of carbonyl (C=O) groups excluding carboxylic acids is 2. The summed E-state index contributed by atoms with van der Waals surface area (Å²) in [5, 5.41) is 7.76. The Bertz CT molecular complexity index is 1090. The van der Waals surface area contributed by atoms with E-state index in [4.69, 9.17) is 38.4 Å². The molecule has 1 fully saturated rings. The van der Waals surface area contributed by atoms with Crippen molar-refractivity contribution in [2.24, 2.45) is 15.9 Å². The van der Waals surface area contributed by atoms with E-state index in [9.17, 15) is 9.59 Å². The van der Waals surface area contributed by atoms with Crippen molar-refractivity contribution in [2.45, 2.75) is 11.7 Å². The average molecular weight is 465 g/mol. The lowest BCUT2D eigenvalue weighted by Gasteiger charge is -2.16. The highest BCUT2D eigenvalue weighted by atomic mass is 35.5. The first-order chi connectivity index (χ1) is 14.4. The molecule has 2 heterocycles. The van der Waals surface area contributed by atoms with Crippen molar-refractivity contribution in [1.29, 1.82) is 0 Å². The Morgan fingerprint density at radius 3 is 2.80 bits per heavy atom. The summed E-state index contributed by atoms with van der Waals surface area (Å²) in [5.74, 6) is 0.463. The molecule has 11 heteroatoms. The van der Waals surface area contributed by atoms with Crippen LogP contribution in [0.2, 0.25) is 10.0 Å². The van der Waals surface area contributed by atoms with Gasteiger partial charge >= 0.3 is 0 Å². The smallest absolute Gasteiger partial charge is 0.247 e. The number of ether oxygens (including phenoxy) is 2. The number of fused-ring (bicyclic) bond motifs is 1. The van der Waals surface area contributed by atoms with Gasteiger partial charge < -0.3 is 15.2 Å². The first-order valence-electron chi connectivity index (χ1n) is 8.67. The van der Waals surface area contributed by atoms with Crippen LogP contribution in [0.4, 0.5) is 5.69 Å². The van der Waals surface area contributed by atoms with E-state index in [-0.39, 0.29) is 29.1 Å². The maximum Gasteiger partial charge on any atom is 0.247 e. The first-order valence-corrected chi connectivity index (χ1v) is 10.3. The van der Waals surface area contributed by atoms with Crippen LogP contribution in [0.1, 0.15) is 12.0 Å². The molecule has 8 nitrogen and oxygen atoms in total. The predicted octanol–water partition coefficient (Wildman–Crippen LogP) is 3.44. The second-order valence-electron chi connectivity index (χ2n) is 6.27. The Kier molecular flexibility index (Phi) is 5.85. The number of benzene rings is 2. The van der Waals surface area contributed by atoms with Crippen molar-refractivity contribution in [2.75, 3.05) is 11.7 Å². The number of hydrogen-bond acceptors (Lipinski definition) is 7. The molecule has 30 heavy (non-hydrogen) atoms. The van der Waals surface area contributed by atoms with Crippen LogP contribution in [0, 0.1) is 0 Å². The van der Waals surface area contributed by atoms with Crippen molar-refractivity contribution in [3.05, 3.63) is 52.0 Å². The second kappa shape index (κ2) is 8.55. The summed E-state index contributed by atoms with van der Waals surface area (Å²) in [5.41, 5.74) is 6.87. The maximum absolute atomic E-state index is 12.7. The maximum atomic E-state index is 12.7. The SMILES string of the molecule is NC(=N/N=C\c1ccc2c(c1)OCO2)S[C@H]1CC(=O)N(c2cc(Cl)ccc2Cl)C1=O. The molecule has 2 aliphatic heterocycles. The molecule has 0 bridgehead atoms. The summed E-state index contributed by atoms with van der Waals surface area (Å²) < 4.78 is 10.5. The zero-order chi connectivity index (χ0) is 21.3. The van der Waals surface area contributed by atoms with Crippen molar-refractivity contribution < 1.29 is 19.1 Å². The van der Waals surface area contributed by atoms with Gasteiger partial charge in [0.2, 0.25) is 18.6 Å². The van der Waals surface area contributed by atoms with Crippen molar-refractivity contribution in [1.82, 2.24) is 0 Å². The number of nitrogens with two attached hydrogens (primary N) is 1. The van der Waals surface area contributed by atoms with E-state index in [1.54, 1.807) is 24.3 Å². The lowest BCUT2D eigenvalue weighted by atomic mass is 10.2.